The van der Waals surface area contributed by atoms with Gasteiger partial charge in [-0.2, -0.15) is 0 Å². The van der Waals surface area contributed by atoms with E-state index in [1.807, 2.05) is 13.8 Å². The van der Waals surface area contributed by atoms with Crippen molar-refractivity contribution in [2.45, 2.75) is 26.3 Å². The van der Waals surface area contributed by atoms with Gasteiger partial charge in [0.05, 0.1) is 18.4 Å². The second-order valence-electron chi connectivity index (χ2n) is 5.84. The zero-order chi connectivity index (χ0) is 18.9. The van der Waals surface area contributed by atoms with Crippen LogP contribution in [0.1, 0.15) is 30.6 Å². The smallest absolute Gasteiger partial charge is 0.262 e. The van der Waals surface area contributed by atoms with E-state index in [4.69, 9.17) is 9.47 Å². The molecule has 0 aliphatic carbocycles. The van der Waals surface area contributed by atoms with Gasteiger partial charge in [0.2, 0.25) is 0 Å². The summed E-state index contributed by atoms with van der Waals surface area (Å²) < 4.78 is 10.5. The van der Waals surface area contributed by atoms with Crippen molar-refractivity contribution in [3.63, 3.8) is 0 Å². The molecular formula is C20H24N2O4. The SMILES string of the molecule is CC[C@H](C)NC(=O)c1ccccc1NC(=O)COc1ccc(OC)cc1. The Labute approximate surface area is 153 Å². The molecule has 1 atom stereocenters. The molecule has 0 saturated carbocycles. The van der Waals surface area contributed by atoms with Crippen LogP contribution in [0.25, 0.3) is 0 Å². The molecule has 0 saturated heterocycles. The molecule has 0 radical (unpaired) electrons. The van der Waals surface area contributed by atoms with Gasteiger partial charge in [0.25, 0.3) is 11.8 Å². The average Bonchev–Trinajstić information content (AvgIpc) is 2.67. The van der Waals surface area contributed by atoms with Crippen LogP contribution in [-0.4, -0.2) is 31.6 Å². The molecule has 0 aromatic heterocycles. The molecule has 0 spiro atoms. The van der Waals surface area contributed by atoms with Gasteiger partial charge < -0.3 is 20.1 Å². The molecular weight excluding hydrogens is 332 g/mol. The van der Waals surface area contributed by atoms with E-state index in [2.05, 4.69) is 10.6 Å². The fourth-order valence-corrected chi connectivity index (χ4v) is 2.20. The number of hydrogen-bond donors (Lipinski definition) is 2. The highest BCUT2D eigenvalue weighted by atomic mass is 16.5. The average molecular weight is 356 g/mol. The third kappa shape index (κ3) is 5.51. The predicted octanol–water partition coefficient (Wildman–Crippen LogP) is 3.24. The lowest BCUT2D eigenvalue weighted by atomic mass is 10.1. The number of ether oxygens (including phenoxy) is 2. The van der Waals surface area contributed by atoms with E-state index in [-0.39, 0.29) is 24.5 Å². The molecule has 2 aromatic rings. The minimum absolute atomic E-state index is 0.0599. The van der Waals surface area contributed by atoms with Gasteiger partial charge in [0.15, 0.2) is 6.61 Å². The third-order valence-corrected chi connectivity index (χ3v) is 3.87. The van der Waals surface area contributed by atoms with Crippen LogP contribution in [0.4, 0.5) is 5.69 Å². The number of hydrogen-bond acceptors (Lipinski definition) is 4. The van der Waals surface area contributed by atoms with E-state index in [9.17, 15) is 9.59 Å². The number of rotatable bonds is 8. The fraction of sp³-hybridized carbons (Fsp3) is 0.300. The standard InChI is InChI=1S/C20H24N2O4/c1-4-14(2)21-20(24)17-7-5-6-8-18(17)22-19(23)13-26-16-11-9-15(25-3)10-12-16/h5-12,14H,4,13H2,1-3H3,(H,21,24)(H,22,23)/t14-/m0/s1. The van der Waals surface area contributed by atoms with E-state index in [1.54, 1.807) is 55.6 Å². The van der Waals surface area contributed by atoms with Crippen LogP contribution >= 0.6 is 0 Å². The second kappa shape index (κ2) is 9.46. The number of para-hydroxylation sites is 1. The maximum atomic E-state index is 12.4. The minimum Gasteiger partial charge on any atom is -0.497 e. The highest BCUT2D eigenvalue weighted by Gasteiger charge is 2.14. The topological polar surface area (TPSA) is 76.7 Å². The number of benzene rings is 2. The molecule has 26 heavy (non-hydrogen) atoms. The molecule has 0 unspecified atom stereocenters. The first-order valence-electron chi connectivity index (χ1n) is 8.50. The molecule has 2 rings (SSSR count). The first-order valence-corrected chi connectivity index (χ1v) is 8.50. The molecule has 0 aliphatic rings. The summed E-state index contributed by atoms with van der Waals surface area (Å²) in [5, 5.41) is 5.62. The first kappa shape index (κ1) is 19.3. The van der Waals surface area contributed by atoms with Crippen molar-refractivity contribution in [1.82, 2.24) is 5.32 Å². The van der Waals surface area contributed by atoms with E-state index in [1.165, 1.54) is 0 Å². The van der Waals surface area contributed by atoms with Crippen LogP contribution < -0.4 is 20.1 Å². The summed E-state index contributed by atoms with van der Waals surface area (Å²) in [6.07, 6.45) is 0.829. The first-order chi connectivity index (χ1) is 12.5. The Morgan fingerprint density at radius 1 is 1.04 bits per heavy atom. The molecule has 0 fully saturated rings. The third-order valence-electron chi connectivity index (χ3n) is 3.87. The molecule has 138 valence electrons. The van der Waals surface area contributed by atoms with Gasteiger partial charge in [0.1, 0.15) is 11.5 Å². The van der Waals surface area contributed by atoms with Gasteiger partial charge in [-0.25, -0.2) is 0 Å². The number of methoxy groups -OCH3 is 1. The molecule has 6 nitrogen and oxygen atoms in total. The Morgan fingerprint density at radius 3 is 2.35 bits per heavy atom. The van der Waals surface area contributed by atoms with E-state index >= 15 is 0 Å². The number of amides is 2. The summed E-state index contributed by atoms with van der Waals surface area (Å²) in [5.74, 6) is 0.711. The van der Waals surface area contributed by atoms with E-state index in [0.717, 1.165) is 6.42 Å². The molecule has 6 heteroatoms. The van der Waals surface area contributed by atoms with Crippen LogP contribution in [0.15, 0.2) is 48.5 Å². The number of nitrogens with one attached hydrogen (secondary N) is 2. The Bertz CT molecular complexity index is 744. The zero-order valence-corrected chi connectivity index (χ0v) is 15.2. The highest BCUT2D eigenvalue weighted by Crippen LogP contribution is 2.18. The summed E-state index contributed by atoms with van der Waals surface area (Å²) in [7, 11) is 1.58. The molecule has 2 aromatic carbocycles. The monoisotopic (exact) mass is 356 g/mol. The van der Waals surface area contributed by atoms with Crippen molar-refractivity contribution >= 4 is 17.5 Å². The van der Waals surface area contributed by atoms with Gasteiger partial charge in [-0.15, -0.1) is 0 Å². The fourth-order valence-electron chi connectivity index (χ4n) is 2.20. The second-order valence-corrected chi connectivity index (χ2v) is 5.84. The Kier molecular flexibility index (Phi) is 7.02. The van der Waals surface area contributed by atoms with Crippen LogP contribution in [0, 0.1) is 0 Å². The van der Waals surface area contributed by atoms with Gasteiger partial charge in [-0.3, -0.25) is 9.59 Å². The lowest BCUT2D eigenvalue weighted by Crippen LogP contribution is -2.33. The van der Waals surface area contributed by atoms with E-state index < -0.39 is 0 Å². The molecule has 2 amide bonds. The Hall–Kier alpha value is -3.02. The minimum atomic E-state index is -0.343. The Balaban J connectivity index is 1.96. The molecule has 0 aliphatic heterocycles. The van der Waals surface area contributed by atoms with Crippen LogP contribution in [0.2, 0.25) is 0 Å². The molecule has 0 bridgehead atoms. The van der Waals surface area contributed by atoms with Crippen molar-refractivity contribution in [2.75, 3.05) is 19.0 Å². The van der Waals surface area contributed by atoms with E-state index in [0.29, 0.717) is 22.7 Å². The lowest BCUT2D eigenvalue weighted by molar-refractivity contribution is -0.118. The van der Waals surface area contributed by atoms with Crippen molar-refractivity contribution in [1.29, 1.82) is 0 Å². The largest absolute Gasteiger partial charge is 0.497 e. The normalized spacial score (nSPS) is 11.3. The lowest BCUT2D eigenvalue weighted by Gasteiger charge is -2.15. The summed E-state index contributed by atoms with van der Waals surface area (Å²) in [6, 6.07) is 13.9. The zero-order valence-electron chi connectivity index (χ0n) is 15.2. The van der Waals surface area contributed by atoms with Crippen LogP contribution in [-0.2, 0) is 4.79 Å². The number of carbonyl (C=O) groups excluding carboxylic acids is 2. The van der Waals surface area contributed by atoms with Gasteiger partial charge in [-0.1, -0.05) is 19.1 Å². The quantitative estimate of drug-likeness (QED) is 0.761. The summed E-state index contributed by atoms with van der Waals surface area (Å²) in [5.41, 5.74) is 0.877. The molecule has 0 heterocycles. The summed E-state index contributed by atoms with van der Waals surface area (Å²) >= 11 is 0. The summed E-state index contributed by atoms with van der Waals surface area (Å²) in [4.78, 5) is 24.5. The summed E-state index contributed by atoms with van der Waals surface area (Å²) in [6.45, 7) is 3.77. The van der Waals surface area contributed by atoms with Crippen molar-refractivity contribution < 1.29 is 19.1 Å². The van der Waals surface area contributed by atoms with Gasteiger partial charge >= 0.3 is 0 Å². The Morgan fingerprint density at radius 2 is 1.69 bits per heavy atom. The van der Waals surface area contributed by atoms with Crippen molar-refractivity contribution in [2.24, 2.45) is 0 Å². The van der Waals surface area contributed by atoms with Gasteiger partial charge in [0, 0.05) is 6.04 Å². The maximum absolute atomic E-state index is 12.4. The molecule has 2 N–H and O–H groups in total. The van der Waals surface area contributed by atoms with Crippen molar-refractivity contribution in [3.8, 4) is 11.5 Å². The number of carbonyl (C=O) groups is 2. The highest BCUT2D eigenvalue weighted by molar-refractivity contribution is 6.04. The predicted molar refractivity (Wildman–Crippen MR) is 101 cm³/mol. The van der Waals surface area contributed by atoms with Crippen LogP contribution in [0.5, 0.6) is 11.5 Å². The number of anilines is 1. The van der Waals surface area contributed by atoms with Crippen molar-refractivity contribution in [3.05, 3.63) is 54.1 Å². The van der Waals surface area contributed by atoms with Gasteiger partial charge in [-0.05, 0) is 49.7 Å². The van der Waals surface area contributed by atoms with Crippen LogP contribution in [0.3, 0.4) is 0 Å². The maximum Gasteiger partial charge on any atom is 0.262 e.